The van der Waals surface area contributed by atoms with Crippen LogP contribution in [0.15, 0.2) is 18.2 Å². The maximum Gasteiger partial charge on any atom is 0.223 e. The first-order chi connectivity index (χ1) is 10.6. The van der Waals surface area contributed by atoms with Crippen molar-refractivity contribution in [1.29, 1.82) is 0 Å². The molecule has 0 radical (unpaired) electrons. The van der Waals surface area contributed by atoms with Gasteiger partial charge in [0.1, 0.15) is 5.82 Å². The lowest BCUT2D eigenvalue weighted by atomic mass is 10.0. The molecule has 2 bridgehead atoms. The second-order valence-corrected chi connectivity index (χ2v) is 7.74. The van der Waals surface area contributed by atoms with E-state index < -0.39 is 0 Å². The lowest BCUT2D eigenvalue weighted by molar-refractivity contribution is -0.135. The van der Waals surface area contributed by atoms with Crippen LogP contribution < -0.4 is 0 Å². The van der Waals surface area contributed by atoms with E-state index in [2.05, 4.69) is 11.2 Å². The molecule has 2 nitrogen and oxygen atoms in total. The molecule has 0 spiro atoms. The van der Waals surface area contributed by atoms with Crippen molar-refractivity contribution in [2.45, 2.75) is 62.8 Å². The summed E-state index contributed by atoms with van der Waals surface area (Å²) in [6, 6.07) is 6.07. The average molecular weight is 321 g/mol. The molecule has 2 aliphatic rings. The predicted octanol–water partition coefficient (Wildman–Crippen LogP) is 3.95. The minimum absolute atomic E-state index is 0.174. The Morgan fingerprint density at radius 2 is 2.00 bits per heavy atom. The molecule has 0 aliphatic carbocycles. The summed E-state index contributed by atoms with van der Waals surface area (Å²) < 4.78 is 13.3. The van der Waals surface area contributed by atoms with E-state index in [0.717, 1.165) is 23.7 Å². The summed E-state index contributed by atoms with van der Waals surface area (Å²) in [6.45, 7) is 1.77. The van der Waals surface area contributed by atoms with E-state index in [1.807, 2.05) is 17.8 Å². The van der Waals surface area contributed by atoms with Crippen molar-refractivity contribution >= 4 is 17.7 Å². The zero-order valence-electron chi connectivity index (χ0n) is 13.3. The normalized spacial score (nSPS) is 27.2. The topological polar surface area (TPSA) is 20.3 Å². The molecule has 3 rings (SSSR count). The number of piperidine rings is 1. The Hall–Kier alpha value is -1.03. The molecule has 1 aromatic carbocycles. The molecule has 4 heteroatoms. The monoisotopic (exact) mass is 321 g/mol. The highest BCUT2D eigenvalue weighted by Crippen LogP contribution is 2.39. The number of amides is 1. The van der Waals surface area contributed by atoms with E-state index >= 15 is 0 Å². The average Bonchev–Trinajstić information content (AvgIpc) is 2.78. The molecule has 0 saturated carbocycles. The third-order valence-electron chi connectivity index (χ3n) is 5.16. The summed E-state index contributed by atoms with van der Waals surface area (Å²) in [5.41, 5.74) is 1.71. The van der Waals surface area contributed by atoms with Gasteiger partial charge in [-0.2, -0.15) is 11.8 Å². The molecule has 0 N–H and O–H groups in total. The van der Waals surface area contributed by atoms with Gasteiger partial charge in [0.15, 0.2) is 0 Å². The summed E-state index contributed by atoms with van der Waals surface area (Å²) in [7, 11) is 0. The Morgan fingerprint density at radius 1 is 1.32 bits per heavy atom. The van der Waals surface area contributed by atoms with Crippen molar-refractivity contribution in [3.05, 3.63) is 35.1 Å². The van der Waals surface area contributed by atoms with Crippen LogP contribution in [0.2, 0.25) is 0 Å². The van der Waals surface area contributed by atoms with Gasteiger partial charge in [-0.1, -0.05) is 12.1 Å². The Morgan fingerprint density at radius 3 is 2.59 bits per heavy atom. The van der Waals surface area contributed by atoms with Crippen molar-refractivity contribution in [1.82, 2.24) is 4.90 Å². The number of carbonyl (C=O) groups excluding carboxylic acids is 1. The lowest BCUT2D eigenvalue weighted by Gasteiger charge is -2.38. The molecular formula is C18H24FNOS. The highest BCUT2D eigenvalue weighted by atomic mass is 32.2. The van der Waals surface area contributed by atoms with Crippen molar-refractivity contribution < 1.29 is 9.18 Å². The van der Waals surface area contributed by atoms with Crippen LogP contribution in [0.3, 0.4) is 0 Å². The fourth-order valence-electron chi connectivity index (χ4n) is 3.97. The van der Waals surface area contributed by atoms with E-state index in [4.69, 9.17) is 0 Å². The lowest BCUT2D eigenvalue weighted by Crippen LogP contribution is -2.47. The van der Waals surface area contributed by atoms with Crippen LogP contribution in [0.5, 0.6) is 0 Å². The first kappa shape index (κ1) is 15.9. The third kappa shape index (κ3) is 3.17. The van der Waals surface area contributed by atoms with Crippen LogP contribution >= 0.6 is 11.8 Å². The third-order valence-corrected chi connectivity index (χ3v) is 6.21. The summed E-state index contributed by atoms with van der Waals surface area (Å²) in [5.74, 6) is 0.112. The second kappa shape index (κ2) is 6.61. The molecule has 2 aliphatic heterocycles. The maximum atomic E-state index is 13.3. The molecule has 2 atom stereocenters. The number of halogens is 1. The first-order valence-corrected chi connectivity index (χ1v) is 9.46. The quantitative estimate of drug-likeness (QED) is 0.837. The van der Waals surface area contributed by atoms with Crippen LogP contribution in [0.1, 0.15) is 43.2 Å². The Labute approximate surface area is 136 Å². The van der Waals surface area contributed by atoms with Gasteiger partial charge in [-0.3, -0.25) is 4.79 Å². The molecule has 2 heterocycles. The zero-order chi connectivity index (χ0) is 15.7. The van der Waals surface area contributed by atoms with Gasteiger partial charge in [0.2, 0.25) is 5.91 Å². The van der Waals surface area contributed by atoms with Crippen LogP contribution in [-0.4, -0.2) is 34.4 Å². The summed E-state index contributed by atoms with van der Waals surface area (Å²) in [6.07, 6.45) is 8.08. The largest absolute Gasteiger partial charge is 0.337 e. The number of carbonyl (C=O) groups is 1. The van der Waals surface area contributed by atoms with E-state index in [1.165, 1.54) is 18.9 Å². The van der Waals surface area contributed by atoms with Gasteiger partial charge >= 0.3 is 0 Å². The number of aryl methyl sites for hydroxylation is 2. The molecule has 1 aromatic rings. The molecule has 2 saturated heterocycles. The number of fused-ring (bicyclic) bond motifs is 2. The number of thioether (sulfide) groups is 1. The fourth-order valence-corrected chi connectivity index (χ4v) is 4.80. The van der Waals surface area contributed by atoms with E-state index in [-0.39, 0.29) is 11.7 Å². The van der Waals surface area contributed by atoms with Gasteiger partial charge in [-0.25, -0.2) is 4.39 Å². The Kier molecular flexibility index (Phi) is 4.76. The zero-order valence-corrected chi connectivity index (χ0v) is 14.2. The number of nitrogens with zero attached hydrogens (tertiary/aromatic N) is 1. The van der Waals surface area contributed by atoms with Crippen LogP contribution in [0.25, 0.3) is 0 Å². The Balaban J connectivity index is 1.59. The van der Waals surface area contributed by atoms with Gasteiger partial charge in [0.25, 0.3) is 0 Å². The molecule has 120 valence electrons. The molecule has 22 heavy (non-hydrogen) atoms. The number of rotatable bonds is 4. The molecule has 2 unspecified atom stereocenters. The van der Waals surface area contributed by atoms with Gasteiger partial charge in [0.05, 0.1) is 0 Å². The number of benzene rings is 1. The van der Waals surface area contributed by atoms with E-state index in [9.17, 15) is 9.18 Å². The van der Waals surface area contributed by atoms with Crippen LogP contribution in [-0.2, 0) is 11.2 Å². The van der Waals surface area contributed by atoms with E-state index in [1.54, 1.807) is 13.0 Å². The van der Waals surface area contributed by atoms with E-state index in [0.29, 0.717) is 30.5 Å². The van der Waals surface area contributed by atoms with Gasteiger partial charge in [-0.15, -0.1) is 0 Å². The molecule has 2 fully saturated rings. The first-order valence-electron chi connectivity index (χ1n) is 8.17. The SMILES string of the molecule is CSC1CC2CCC(C1)N2C(=O)CCc1ccc(F)c(C)c1. The molecule has 0 aromatic heterocycles. The minimum Gasteiger partial charge on any atom is -0.337 e. The van der Waals surface area contributed by atoms with Gasteiger partial charge < -0.3 is 4.90 Å². The summed E-state index contributed by atoms with van der Waals surface area (Å²) in [5, 5.41) is 0.723. The molecule has 1 amide bonds. The standard InChI is InChI=1S/C18H24FNOS/c1-12-9-13(3-7-17(12)19)4-8-18(21)20-14-5-6-15(20)11-16(10-14)22-2/h3,7,9,14-16H,4-6,8,10-11H2,1-2H3. The second-order valence-electron chi connectivity index (χ2n) is 6.60. The smallest absolute Gasteiger partial charge is 0.223 e. The van der Waals surface area contributed by atoms with Crippen molar-refractivity contribution in [3.63, 3.8) is 0 Å². The number of hydrogen-bond acceptors (Lipinski definition) is 2. The predicted molar refractivity (Wildman–Crippen MR) is 89.7 cm³/mol. The molecular weight excluding hydrogens is 297 g/mol. The summed E-state index contributed by atoms with van der Waals surface area (Å²) in [4.78, 5) is 14.8. The van der Waals surface area contributed by atoms with Crippen molar-refractivity contribution in [2.75, 3.05) is 6.26 Å². The van der Waals surface area contributed by atoms with Gasteiger partial charge in [0, 0.05) is 23.8 Å². The van der Waals surface area contributed by atoms with Crippen molar-refractivity contribution in [2.24, 2.45) is 0 Å². The van der Waals surface area contributed by atoms with Gasteiger partial charge in [-0.05, 0) is 62.5 Å². The Bertz CT molecular complexity index is 548. The summed E-state index contributed by atoms with van der Waals surface area (Å²) >= 11 is 1.95. The highest BCUT2D eigenvalue weighted by Gasteiger charge is 2.42. The maximum absolute atomic E-state index is 13.3. The number of hydrogen-bond donors (Lipinski definition) is 0. The minimum atomic E-state index is -0.174. The fraction of sp³-hybridized carbons (Fsp3) is 0.611. The highest BCUT2D eigenvalue weighted by molar-refractivity contribution is 7.99. The van der Waals surface area contributed by atoms with Crippen LogP contribution in [0.4, 0.5) is 4.39 Å². The van der Waals surface area contributed by atoms with Crippen molar-refractivity contribution in [3.8, 4) is 0 Å². The van der Waals surface area contributed by atoms with Crippen LogP contribution in [0, 0.1) is 12.7 Å².